The van der Waals surface area contributed by atoms with E-state index in [1.807, 2.05) is 23.6 Å². The van der Waals surface area contributed by atoms with Crippen molar-refractivity contribution in [2.24, 2.45) is 7.05 Å². The Morgan fingerprint density at radius 1 is 1.25 bits per heavy atom. The fourth-order valence-corrected chi connectivity index (χ4v) is 4.60. The lowest BCUT2D eigenvalue weighted by Gasteiger charge is -2.24. The summed E-state index contributed by atoms with van der Waals surface area (Å²) in [4.78, 5) is 21.6. The first-order chi connectivity index (χ1) is 11.6. The zero-order chi connectivity index (χ0) is 16.7. The van der Waals surface area contributed by atoms with E-state index in [0.29, 0.717) is 0 Å². The van der Waals surface area contributed by atoms with Crippen LogP contribution in [0.4, 0.5) is 5.13 Å². The predicted molar refractivity (Wildman–Crippen MR) is 93.5 cm³/mol. The Hall–Kier alpha value is -1.67. The van der Waals surface area contributed by atoms with Crippen LogP contribution in [0.25, 0.3) is 10.3 Å². The molecule has 4 rings (SSSR count). The minimum Gasteiger partial charge on any atom is -0.368 e. The Balaban J connectivity index is 1.47. The maximum atomic E-state index is 12.5. The summed E-state index contributed by atoms with van der Waals surface area (Å²) in [5.74, 6) is 0.165. The van der Waals surface area contributed by atoms with Gasteiger partial charge < -0.3 is 14.5 Å². The summed E-state index contributed by atoms with van der Waals surface area (Å²) in [6, 6.07) is 0. The molecule has 8 heteroatoms. The van der Waals surface area contributed by atoms with Gasteiger partial charge in [-0.15, -0.1) is 0 Å². The number of aromatic nitrogens is 3. The molecule has 1 unspecified atom stereocenters. The number of ether oxygens (including phenoxy) is 1. The summed E-state index contributed by atoms with van der Waals surface area (Å²) < 4.78 is 8.55. The van der Waals surface area contributed by atoms with E-state index in [0.717, 1.165) is 73.2 Å². The summed E-state index contributed by atoms with van der Waals surface area (Å²) in [5.41, 5.74) is 1.98. The quantitative estimate of drug-likeness (QED) is 0.823. The monoisotopic (exact) mass is 349 g/mol. The first-order valence-corrected chi connectivity index (χ1v) is 9.40. The summed E-state index contributed by atoms with van der Waals surface area (Å²) >= 11 is 1.70. The van der Waals surface area contributed by atoms with Crippen LogP contribution in [-0.4, -0.2) is 64.5 Å². The lowest BCUT2D eigenvalue weighted by atomic mass is 10.2. The van der Waals surface area contributed by atoms with Gasteiger partial charge in [0, 0.05) is 39.8 Å². The van der Waals surface area contributed by atoms with Crippen molar-refractivity contribution in [1.29, 1.82) is 0 Å². The highest BCUT2D eigenvalue weighted by Crippen LogP contribution is 2.31. The van der Waals surface area contributed by atoms with Gasteiger partial charge in [0.05, 0.1) is 10.4 Å². The van der Waals surface area contributed by atoms with Crippen LogP contribution < -0.4 is 4.90 Å². The second kappa shape index (κ2) is 6.33. The van der Waals surface area contributed by atoms with E-state index >= 15 is 0 Å². The lowest BCUT2D eigenvalue weighted by molar-refractivity contribution is -0.140. The number of aryl methyl sites for hydroxylation is 2. The van der Waals surface area contributed by atoms with Crippen molar-refractivity contribution in [3.8, 4) is 0 Å². The van der Waals surface area contributed by atoms with Gasteiger partial charge in [-0.25, -0.2) is 9.67 Å². The number of carbonyl (C=O) groups excluding carboxylic acids is 1. The fraction of sp³-hybridized carbons (Fsp3) is 0.688. The molecule has 2 saturated heterocycles. The lowest BCUT2D eigenvalue weighted by Crippen LogP contribution is -2.41. The molecule has 24 heavy (non-hydrogen) atoms. The van der Waals surface area contributed by atoms with Crippen molar-refractivity contribution in [3.05, 3.63) is 5.69 Å². The topological polar surface area (TPSA) is 63.5 Å². The van der Waals surface area contributed by atoms with E-state index in [1.54, 1.807) is 11.3 Å². The second-order valence-corrected chi connectivity index (χ2v) is 7.50. The Kier molecular flexibility index (Phi) is 4.17. The van der Waals surface area contributed by atoms with Crippen LogP contribution in [0.1, 0.15) is 25.0 Å². The van der Waals surface area contributed by atoms with Crippen LogP contribution >= 0.6 is 11.3 Å². The van der Waals surface area contributed by atoms with Gasteiger partial charge in [-0.2, -0.15) is 5.10 Å². The van der Waals surface area contributed by atoms with Gasteiger partial charge >= 0.3 is 0 Å². The Morgan fingerprint density at radius 2 is 2.12 bits per heavy atom. The maximum absolute atomic E-state index is 12.5. The molecule has 0 aliphatic carbocycles. The van der Waals surface area contributed by atoms with Crippen LogP contribution in [0.15, 0.2) is 0 Å². The van der Waals surface area contributed by atoms with Crippen LogP contribution in [0.3, 0.4) is 0 Å². The highest BCUT2D eigenvalue weighted by atomic mass is 32.1. The molecular formula is C16H23N5O2S. The molecule has 2 aliphatic heterocycles. The number of fused-ring (bicyclic) bond motifs is 1. The highest BCUT2D eigenvalue weighted by Gasteiger charge is 2.30. The minimum atomic E-state index is -0.215. The van der Waals surface area contributed by atoms with Gasteiger partial charge in [-0.3, -0.25) is 4.79 Å². The number of rotatable bonds is 2. The van der Waals surface area contributed by atoms with Gasteiger partial charge in [0.1, 0.15) is 6.10 Å². The molecule has 0 spiro atoms. The second-order valence-electron chi connectivity index (χ2n) is 6.53. The molecule has 0 bridgehead atoms. The average Bonchev–Trinajstić information content (AvgIpc) is 3.24. The number of amides is 1. The van der Waals surface area contributed by atoms with Crippen molar-refractivity contribution in [1.82, 2.24) is 19.7 Å². The van der Waals surface area contributed by atoms with Crippen LogP contribution in [0, 0.1) is 6.92 Å². The van der Waals surface area contributed by atoms with Crippen molar-refractivity contribution >= 4 is 32.7 Å². The molecule has 0 saturated carbocycles. The van der Waals surface area contributed by atoms with Gasteiger partial charge in [0.25, 0.3) is 5.91 Å². The van der Waals surface area contributed by atoms with E-state index in [9.17, 15) is 4.79 Å². The minimum absolute atomic E-state index is 0.165. The molecule has 2 aromatic heterocycles. The average molecular weight is 349 g/mol. The molecule has 1 amide bonds. The maximum Gasteiger partial charge on any atom is 0.251 e. The number of nitrogens with zero attached hydrogens (tertiary/aromatic N) is 5. The first kappa shape index (κ1) is 15.8. The number of hydrogen-bond acceptors (Lipinski definition) is 6. The Labute approximate surface area is 145 Å². The zero-order valence-corrected chi connectivity index (χ0v) is 15.0. The Morgan fingerprint density at radius 3 is 2.88 bits per heavy atom. The largest absolute Gasteiger partial charge is 0.368 e. The molecule has 0 radical (unpaired) electrons. The SMILES string of the molecule is Cc1nn(C)c2nc(N3CCCN(C(=O)C4CCCO4)CC3)sc12. The molecule has 0 aromatic carbocycles. The number of anilines is 1. The Bertz CT molecular complexity index is 715. The van der Waals surface area contributed by atoms with Gasteiger partial charge in [-0.05, 0) is 26.2 Å². The predicted octanol–water partition coefficient (Wildman–Crippen LogP) is 1.56. The number of carbonyl (C=O) groups is 1. The summed E-state index contributed by atoms with van der Waals surface area (Å²) in [6.07, 6.45) is 2.61. The molecule has 7 nitrogen and oxygen atoms in total. The molecule has 2 fully saturated rings. The molecule has 2 aliphatic rings. The molecule has 2 aromatic rings. The molecule has 130 valence electrons. The van der Waals surface area contributed by atoms with Gasteiger partial charge in [-0.1, -0.05) is 11.3 Å². The summed E-state index contributed by atoms with van der Waals surface area (Å²) in [6.45, 7) is 6.04. The van der Waals surface area contributed by atoms with E-state index < -0.39 is 0 Å². The van der Waals surface area contributed by atoms with Gasteiger partial charge in [0.15, 0.2) is 10.8 Å². The molecule has 1 atom stereocenters. The van der Waals surface area contributed by atoms with E-state index in [1.165, 1.54) is 0 Å². The van der Waals surface area contributed by atoms with E-state index in [2.05, 4.69) is 10.00 Å². The third kappa shape index (κ3) is 2.77. The number of thiazole rings is 1. The van der Waals surface area contributed by atoms with Crippen LogP contribution in [0.5, 0.6) is 0 Å². The van der Waals surface area contributed by atoms with Crippen LogP contribution in [0.2, 0.25) is 0 Å². The highest BCUT2D eigenvalue weighted by molar-refractivity contribution is 7.22. The van der Waals surface area contributed by atoms with Crippen molar-refractivity contribution in [2.45, 2.75) is 32.3 Å². The van der Waals surface area contributed by atoms with E-state index in [-0.39, 0.29) is 12.0 Å². The van der Waals surface area contributed by atoms with E-state index in [4.69, 9.17) is 9.72 Å². The number of hydrogen-bond donors (Lipinski definition) is 0. The van der Waals surface area contributed by atoms with Crippen molar-refractivity contribution < 1.29 is 9.53 Å². The smallest absolute Gasteiger partial charge is 0.251 e. The third-order valence-electron chi connectivity index (χ3n) is 4.82. The molecule has 0 N–H and O–H groups in total. The van der Waals surface area contributed by atoms with Crippen molar-refractivity contribution in [2.75, 3.05) is 37.7 Å². The standard InChI is InChI=1S/C16H23N5O2S/c1-11-13-14(19(2)18-11)17-16(24-13)21-7-4-6-20(8-9-21)15(22)12-5-3-10-23-12/h12H,3-10H2,1-2H3. The first-order valence-electron chi connectivity index (χ1n) is 8.59. The van der Waals surface area contributed by atoms with Crippen LogP contribution in [-0.2, 0) is 16.6 Å². The zero-order valence-electron chi connectivity index (χ0n) is 14.2. The fourth-order valence-electron chi connectivity index (χ4n) is 3.51. The third-order valence-corrected chi connectivity index (χ3v) is 6.03. The summed E-state index contributed by atoms with van der Waals surface area (Å²) in [5, 5.41) is 5.45. The molecule has 4 heterocycles. The summed E-state index contributed by atoms with van der Waals surface area (Å²) in [7, 11) is 1.93. The molecular weight excluding hydrogens is 326 g/mol. The van der Waals surface area contributed by atoms with Gasteiger partial charge in [0.2, 0.25) is 0 Å². The van der Waals surface area contributed by atoms with Crippen molar-refractivity contribution in [3.63, 3.8) is 0 Å². The normalized spacial score (nSPS) is 22.3.